The Bertz CT molecular complexity index is 1140. The zero-order chi connectivity index (χ0) is 19.2. The first-order valence-corrected chi connectivity index (χ1v) is 9.21. The van der Waals surface area contributed by atoms with Crippen LogP contribution in [0.25, 0.3) is 10.8 Å². The van der Waals surface area contributed by atoms with Gasteiger partial charge in [-0.25, -0.2) is 0 Å². The summed E-state index contributed by atoms with van der Waals surface area (Å²) in [7, 11) is 0. The minimum absolute atomic E-state index is 0.466. The number of benzene rings is 4. The number of rotatable bonds is 4. The van der Waals surface area contributed by atoms with Crippen LogP contribution in [0.1, 0.15) is 5.56 Å². The average molecular weight is 385 g/mol. The zero-order valence-electron chi connectivity index (χ0n) is 15.0. The molecule has 0 aliphatic rings. The number of halogens is 1. The molecule has 0 atom stereocenters. The van der Waals surface area contributed by atoms with Crippen molar-refractivity contribution in [3.05, 3.63) is 108 Å². The summed E-state index contributed by atoms with van der Waals surface area (Å²) in [5.41, 5.74) is 5.54. The molecule has 1 N–H and O–H groups in total. The quantitative estimate of drug-likeness (QED) is 0.174. The molecule has 136 valence electrons. The van der Waals surface area contributed by atoms with E-state index in [-0.39, 0.29) is 0 Å². The third-order valence-electron chi connectivity index (χ3n) is 4.16. The van der Waals surface area contributed by atoms with E-state index in [0.29, 0.717) is 10.9 Å². The molecule has 0 aliphatic heterocycles. The highest BCUT2D eigenvalue weighted by Crippen LogP contribution is 2.20. The summed E-state index contributed by atoms with van der Waals surface area (Å²) in [6, 6.07) is 31.2. The van der Waals surface area contributed by atoms with Crippen LogP contribution in [0.15, 0.2) is 112 Å². The van der Waals surface area contributed by atoms with Gasteiger partial charge in [-0.1, -0.05) is 60.1 Å². The lowest BCUT2D eigenvalue weighted by Gasteiger charge is -2.05. The zero-order valence-corrected chi connectivity index (χ0v) is 15.7. The fourth-order valence-electron chi connectivity index (χ4n) is 2.72. The Morgan fingerprint density at radius 1 is 0.714 bits per heavy atom. The van der Waals surface area contributed by atoms with Crippen molar-refractivity contribution in [3.63, 3.8) is 0 Å². The molecule has 4 aromatic carbocycles. The Labute approximate surface area is 168 Å². The van der Waals surface area contributed by atoms with Crippen molar-refractivity contribution < 1.29 is 0 Å². The molecule has 4 nitrogen and oxygen atoms in total. The fraction of sp³-hybridized carbons (Fsp3) is 0. The van der Waals surface area contributed by atoms with E-state index in [4.69, 9.17) is 11.6 Å². The SMILES string of the molecule is Clc1ccc(/C(N=Nc2ccccc2)=N/Nc2ccc3ccccc3c2)cc1. The van der Waals surface area contributed by atoms with Gasteiger partial charge in [0.15, 0.2) is 0 Å². The maximum atomic E-state index is 6.01. The Kier molecular flexibility index (Phi) is 5.41. The van der Waals surface area contributed by atoms with Crippen LogP contribution in [0.4, 0.5) is 11.4 Å². The van der Waals surface area contributed by atoms with Gasteiger partial charge in [0.25, 0.3) is 0 Å². The third-order valence-corrected chi connectivity index (χ3v) is 4.41. The molecule has 0 amide bonds. The van der Waals surface area contributed by atoms with Crippen molar-refractivity contribution in [3.8, 4) is 0 Å². The topological polar surface area (TPSA) is 49.1 Å². The summed E-state index contributed by atoms with van der Waals surface area (Å²) < 4.78 is 0. The van der Waals surface area contributed by atoms with Crippen LogP contribution in [0, 0.1) is 0 Å². The van der Waals surface area contributed by atoms with Crippen molar-refractivity contribution in [2.45, 2.75) is 0 Å². The molecule has 28 heavy (non-hydrogen) atoms. The van der Waals surface area contributed by atoms with Gasteiger partial charge in [0.05, 0.1) is 11.4 Å². The highest BCUT2D eigenvalue weighted by Gasteiger charge is 2.04. The van der Waals surface area contributed by atoms with E-state index >= 15 is 0 Å². The molecular formula is C23H17ClN4. The monoisotopic (exact) mass is 384 g/mol. The molecule has 0 aliphatic carbocycles. The number of hydrogen-bond acceptors (Lipinski definition) is 3. The minimum atomic E-state index is 0.466. The lowest BCUT2D eigenvalue weighted by Crippen LogP contribution is -2.01. The highest BCUT2D eigenvalue weighted by molar-refractivity contribution is 6.30. The molecule has 0 aromatic heterocycles. The Morgan fingerprint density at radius 2 is 1.43 bits per heavy atom. The Morgan fingerprint density at radius 3 is 2.21 bits per heavy atom. The molecule has 0 saturated carbocycles. The van der Waals surface area contributed by atoms with Gasteiger partial charge in [-0.05, 0) is 59.3 Å². The van der Waals surface area contributed by atoms with Gasteiger partial charge >= 0.3 is 0 Å². The summed E-state index contributed by atoms with van der Waals surface area (Å²) in [4.78, 5) is 0. The van der Waals surface area contributed by atoms with Gasteiger partial charge in [-0.3, -0.25) is 5.43 Å². The first-order chi connectivity index (χ1) is 13.8. The van der Waals surface area contributed by atoms with Crippen molar-refractivity contribution in [2.24, 2.45) is 15.3 Å². The molecule has 0 radical (unpaired) electrons. The van der Waals surface area contributed by atoms with E-state index in [0.717, 1.165) is 22.3 Å². The number of anilines is 1. The van der Waals surface area contributed by atoms with Crippen LogP contribution < -0.4 is 5.43 Å². The molecule has 0 saturated heterocycles. The molecular weight excluding hydrogens is 368 g/mol. The van der Waals surface area contributed by atoms with E-state index in [2.05, 4.69) is 39.0 Å². The normalized spacial score (nSPS) is 11.8. The first-order valence-electron chi connectivity index (χ1n) is 8.83. The van der Waals surface area contributed by atoms with Crippen LogP contribution in [-0.4, -0.2) is 5.84 Å². The third kappa shape index (κ3) is 4.42. The van der Waals surface area contributed by atoms with E-state index in [9.17, 15) is 0 Å². The van der Waals surface area contributed by atoms with Crippen LogP contribution in [0.2, 0.25) is 5.02 Å². The van der Waals surface area contributed by atoms with Crippen molar-refractivity contribution in [1.29, 1.82) is 0 Å². The number of nitrogens with zero attached hydrogens (tertiary/aromatic N) is 3. The standard InChI is InChI=1S/C23H17ClN4/c24-20-13-10-18(11-14-20)23(27-25-21-8-2-1-3-9-21)28-26-22-15-12-17-6-4-5-7-19(17)16-22/h1-16,26H/b27-25?,28-23-. The van der Waals surface area contributed by atoms with Crippen LogP contribution in [-0.2, 0) is 0 Å². The number of fused-ring (bicyclic) bond motifs is 1. The lowest BCUT2D eigenvalue weighted by molar-refractivity contribution is 1.22. The molecule has 0 spiro atoms. The van der Waals surface area contributed by atoms with Gasteiger partial charge < -0.3 is 0 Å². The van der Waals surface area contributed by atoms with Crippen molar-refractivity contribution in [2.75, 3.05) is 5.43 Å². The van der Waals surface area contributed by atoms with Crippen LogP contribution in [0.3, 0.4) is 0 Å². The minimum Gasteiger partial charge on any atom is -0.276 e. The molecule has 0 bridgehead atoms. The number of azo groups is 1. The van der Waals surface area contributed by atoms with Crippen molar-refractivity contribution >= 4 is 39.6 Å². The van der Waals surface area contributed by atoms with E-state index in [1.807, 2.05) is 66.7 Å². The van der Waals surface area contributed by atoms with Gasteiger partial charge in [-0.15, -0.1) is 10.2 Å². The van der Waals surface area contributed by atoms with Crippen LogP contribution in [0.5, 0.6) is 0 Å². The summed E-state index contributed by atoms with van der Waals surface area (Å²) >= 11 is 6.01. The molecule has 0 heterocycles. The second-order valence-corrected chi connectivity index (χ2v) is 6.59. The predicted octanol–water partition coefficient (Wildman–Crippen LogP) is 7.05. The Balaban J connectivity index is 1.64. The van der Waals surface area contributed by atoms with Gasteiger partial charge in [0.2, 0.25) is 5.84 Å². The lowest BCUT2D eigenvalue weighted by atomic mass is 10.1. The van der Waals surface area contributed by atoms with Gasteiger partial charge in [0, 0.05) is 10.6 Å². The van der Waals surface area contributed by atoms with Crippen molar-refractivity contribution in [1.82, 2.24) is 0 Å². The average Bonchev–Trinajstić information content (AvgIpc) is 2.75. The van der Waals surface area contributed by atoms with E-state index in [1.165, 1.54) is 5.39 Å². The predicted molar refractivity (Wildman–Crippen MR) is 117 cm³/mol. The van der Waals surface area contributed by atoms with Crippen LogP contribution >= 0.6 is 11.6 Å². The second kappa shape index (κ2) is 8.46. The fourth-order valence-corrected chi connectivity index (χ4v) is 2.85. The number of nitrogens with one attached hydrogen (secondary N) is 1. The maximum absolute atomic E-state index is 6.01. The molecule has 4 rings (SSSR count). The maximum Gasteiger partial charge on any atom is 0.201 e. The number of amidine groups is 1. The summed E-state index contributed by atoms with van der Waals surface area (Å²) in [5.74, 6) is 0.466. The van der Waals surface area contributed by atoms with Gasteiger partial charge in [-0.2, -0.15) is 5.10 Å². The summed E-state index contributed by atoms with van der Waals surface area (Å²) in [6.07, 6.45) is 0. The van der Waals surface area contributed by atoms with E-state index < -0.39 is 0 Å². The molecule has 0 fully saturated rings. The molecule has 5 heteroatoms. The largest absolute Gasteiger partial charge is 0.276 e. The number of hydrogen-bond donors (Lipinski definition) is 1. The van der Waals surface area contributed by atoms with E-state index in [1.54, 1.807) is 12.1 Å². The summed E-state index contributed by atoms with van der Waals surface area (Å²) in [6.45, 7) is 0. The Hall–Kier alpha value is -3.50. The second-order valence-electron chi connectivity index (χ2n) is 6.15. The smallest absolute Gasteiger partial charge is 0.201 e. The molecule has 4 aromatic rings. The highest BCUT2D eigenvalue weighted by atomic mass is 35.5. The van der Waals surface area contributed by atoms with Gasteiger partial charge in [0.1, 0.15) is 0 Å². The molecule has 0 unspecified atom stereocenters. The summed E-state index contributed by atoms with van der Waals surface area (Å²) in [5, 5.41) is 16.1. The number of hydrazone groups is 1. The first kappa shape index (κ1) is 17.9.